The standard InChI is InChI=1S/C21H35N3O3/c1-16(25)23-14-10-17(11-15-23)21(27)24-13-7-3-2-6-12-22-20(26)18-8-4-5-9-19(18)24/h17-19H,2-15H2,1H3,(H,22,26)/t18-,19+/m1/s1. The number of nitrogens with one attached hydrogen (secondary N) is 1. The van der Waals surface area contributed by atoms with Crippen LogP contribution in [0.15, 0.2) is 0 Å². The molecule has 1 aliphatic carbocycles. The molecule has 3 fully saturated rings. The molecule has 6 heteroatoms. The summed E-state index contributed by atoms with van der Waals surface area (Å²) in [6, 6.07) is 0.0511. The van der Waals surface area contributed by atoms with Gasteiger partial charge in [-0.3, -0.25) is 14.4 Å². The third kappa shape index (κ3) is 5.02. The fourth-order valence-electron chi connectivity index (χ4n) is 5.01. The number of nitrogens with zero attached hydrogens (tertiary/aromatic N) is 2. The van der Waals surface area contributed by atoms with E-state index in [2.05, 4.69) is 10.2 Å². The number of hydrogen-bond donors (Lipinski definition) is 1. The molecule has 0 aromatic rings. The SMILES string of the molecule is CC(=O)N1CCC(C(=O)N2CCCCCCNC(=O)[C@@H]3CCCC[C@@H]32)CC1. The van der Waals surface area contributed by atoms with Gasteiger partial charge in [-0.25, -0.2) is 0 Å². The monoisotopic (exact) mass is 377 g/mol. The maximum absolute atomic E-state index is 13.4. The molecule has 3 aliphatic rings. The summed E-state index contributed by atoms with van der Waals surface area (Å²) in [5.74, 6) is 0.405. The Hall–Kier alpha value is -1.59. The Morgan fingerprint density at radius 2 is 1.59 bits per heavy atom. The lowest BCUT2D eigenvalue weighted by Gasteiger charge is -2.42. The van der Waals surface area contributed by atoms with Gasteiger partial charge in [-0.2, -0.15) is 0 Å². The lowest BCUT2D eigenvalue weighted by atomic mass is 9.81. The first-order valence-corrected chi connectivity index (χ1v) is 10.9. The number of carbonyl (C=O) groups is 3. The Bertz CT molecular complexity index is 543. The molecule has 3 amide bonds. The molecule has 0 bridgehead atoms. The molecule has 2 saturated heterocycles. The Morgan fingerprint density at radius 1 is 0.889 bits per heavy atom. The molecule has 27 heavy (non-hydrogen) atoms. The topological polar surface area (TPSA) is 69.7 Å². The average molecular weight is 378 g/mol. The highest BCUT2D eigenvalue weighted by Gasteiger charge is 2.39. The van der Waals surface area contributed by atoms with Crippen molar-refractivity contribution in [3.8, 4) is 0 Å². The van der Waals surface area contributed by atoms with Gasteiger partial charge < -0.3 is 15.1 Å². The maximum Gasteiger partial charge on any atom is 0.226 e. The number of piperidine rings is 1. The van der Waals surface area contributed by atoms with E-state index in [0.717, 1.165) is 77.3 Å². The van der Waals surface area contributed by atoms with Crippen molar-refractivity contribution in [3.05, 3.63) is 0 Å². The predicted octanol–water partition coefficient (Wildman–Crippen LogP) is 2.32. The zero-order valence-electron chi connectivity index (χ0n) is 16.8. The number of hydrogen-bond acceptors (Lipinski definition) is 3. The normalized spacial score (nSPS) is 28.7. The Morgan fingerprint density at radius 3 is 2.33 bits per heavy atom. The van der Waals surface area contributed by atoms with Crippen molar-refractivity contribution >= 4 is 17.7 Å². The number of likely N-dealkylation sites (tertiary alicyclic amines) is 1. The molecule has 2 atom stereocenters. The minimum Gasteiger partial charge on any atom is -0.356 e. The van der Waals surface area contributed by atoms with Crippen LogP contribution in [0.5, 0.6) is 0 Å². The minimum absolute atomic E-state index is 0.00336. The number of carbonyl (C=O) groups excluding carboxylic acids is 3. The molecule has 0 aromatic carbocycles. The van der Waals surface area contributed by atoms with Gasteiger partial charge in [0, 0.05) is 45.1 Å². The summed E-state index contributed by atoms with van der Waals surface area (Å²) in [4.78, 5) is 41.7. The summed E-state index contributed by atoms with van der Waals surface area (Å²) < 4.78 is 0. The van der Waals surface area contributed by atoms with Gasteiger partial charge in [-0.05, 0) is 38.5 Å². The average Bonchev–Trinajstić information content (AvgIpc) is 2.72. The van der Waals surface area contributed by atoms with Gasteiger partial charge in [0.1, 0.15) is 0 Å². The fraction of sp³-hybridized carbons (Fsp3) is 0.857. The van der Waals surface area contributed by atoms with E-state index in [1.165, 1.54) is 0 Å². The molecule has 6 nitrogen and oxygen atoms in total. The van der Waals surface area contributed by atoms with Gasteiger partial charge in [0.2, 0.25) is 17.7 Å². The molecule has 2 heterocycles. The molecular weight excluding hydrogens is 342 g/mol. The molecule has 0 aromatic heterocycles. The number of fused-ring (bicyclic) bond motifs is 1. The van der Waals surface area contributed by atoms with Gasteiger partial charge in [0.25, 0.3) is 0 Å². The summed E-state index contributed by atoms with van der Waals surface area (Å²) in [6.07, 6.45) is 9.77. The third-order valence-electron chi connectivity index (χ3n) is 6.66. The quantitative estimate of drug-likeness (QED) is 0.762. The lowest BCUT2D eigenvalue weighted by Crippen LogP contribution is -2.53. The highest BCUT2D eigenvalue weighted by Crippen LogP contribution is 2.32. The van der Waals surface area contributed by atoms with Gasteiger partial charge >= 0.3 is 0 Å². The van der Waals surface area contributed by atoms with E-state index < -0.39 is 0 Å². The minimum atomic E-state index is -0.0573. The van der Waals surface area contributed by atoms with Gasteiger partial charge in [-0.15, -0.1) is 0 Å². The van der Waals surface area contributed by atoms with E-state index in [-0.39, 0.29) is 35.6 Å². The number of amides is 3. The second-order valence-corrected chi connectivity index (χ2v) is 8.48. The molecule has 0 unspecified atom stereocenters. The van der Waals surface area contributed by atoms with Gasteiger partial charge in [0.15, 0.2) is 0 Å². The second-order valence-electron chi connectivity index (χ2n) is 8.48. The van der Waals surface area contributed by atoms with Crippen molar-refractivity contribution in [1.29, 1.82) is 0 Å². The van der Waals surface area contributed by atoms with Crippen molar-refractivity contribution in [2.24, 2.45) is 11.8 Å². The van der Waals surface area contributed by atoms with Crippen LogP contribution in [-0.4, -0.2) is 59.7 Å². The van der Waals surface area contributed by atoms with Crippen molar-refractivity contribution < 1.29 is 14.4 Å². The third-order valence-corrected chi connectivity index (χ3v) is 6.66. The van der Waals surface area contributed by atoms with Crippen LogP contribution >= 0.6 is 0 Å². The molecule has 2 aliphatic heterocycles. The fourth-order valence-corrected chi connectivity index (χ4v) is 5.01. The first-order valence-electron chi connectivity index (χ1n) is 10.9. The van der Waals surface area contributed by atoms with Crippen molar-refractivity contribution in [2.75, 3.05) is 26.2 Å². The maximum atomic E-state index is 13.4. The predicted molar refractivity (Wildman–Crippen MR) is 104 cm³/mol. The summed E-state index contributed by atoms with van der Waals surface area (Å²) in [5, 5.41) is 3.12. The van der Waals surface area contributed by atoms with E-state index in [1.807, 2.05) is 4.90 Å². The Labute approximate surface area is 163 Å². The molecule has 0 radical (unpaired) electrons. The highest BCUT2D eigenvalue weighted by molar-refractivity contribution is 5.83. The smallest absolute Gasteiger partial charge is 0.226 e. The van der Waals surface area contributed by atoms with Gasteiger partial charge in [-0.1, -0.05) is 25.7 Å². The lowest BCUT2D eigenvalue weighted by molar-refractivity contribution is -0.145. The van der Waals surface area contributed by atoms with Crippen LogP contribution < -0.4 is 5.32 Å². The van der Waals surface area contributed by atoms with Crippen molar-refractivity contribution in [2.45, 2.75) is 77.2 Å². The van der Waals surface area contributed by atoms with E-state index in [0.29, 0.717) is 13.1 Å². The molecule has 1 saturated carbocycles. The second kappa shape index (κ2) is 9.56. The van der Waals surface area contributed by atoms with Crippen LogP contribution in [-0.2, 0) is 14.4 Å². The van der Waals surface area contributed by atoms with E-state index in [4.69, 9.17) is 0 Å². The molecular formula is C21H35N3O3. The van der Waals surface area contributed by atoms with Crippen LogP contribution in [0.1, 0.15) is 71.1 Å². The molecule has 152 valence electrons. The summed E-state index contributed by atoms with van der Waals surface area (Å²) in [6.45, 7) is 4.49. The van der Waals surface area contributed by atoms with Crippen LogP contribution in [0, 0.1) is 11.8 Å². The zero-order chi connectivity index (χ0) is 19.2. The molecule has 3 rings (SSSR count). The molecule has 0 spiro atoms. The Kier molecular flexibility index (Phi) is 7.13. The van der Waals surface area contributed by atoms with Gasteiger partial charge in [0.05, 0.1) is 5.92 Å². The molecule has 1 N–H and O–H groups in total. The summed E-state index contributed by atoms with van der Waals surface area (Å²) >= 11 is 0. The van der Waals surface area contributed by atoms with Crippen molar-refractivity contribution in [1.82, 2.24) is 15.1 Å². The first-order chi connectivity index (χ1) is 13.1. The van der Waals surface area contributed by atoms with Crippen LogP contribution in [0.4, 0.5) is 0 Å². The van der Waals surface area contributed by atoms with Crippen molar-refractivity contribution in [3.63, 3.8) is 0 Å². The first kappa shape index (κ1) is 20.2. The van der Waals surface area contributed by atoms with Crippen LogP contribution in [0.25, 0.3) is 0 Å². The van der Waals surface area contributed by atoms with E-state index in [9.17, 15) is 14.4 Å². The zero-order valence-corrected chi connectivity index (χ0v) is 16.8. The number of rotatable bonds is 1. The highest BCUT2D eigenvalue weighted by atomic mass is 16.2. The summed E-state index contributed by atoms with van der Waals surface area (Å²) in [5.41, 5.74) is 0. The van der Waals surface area contributed by atoms with Crippen LogP contribution in [0.3, 0.4) is 0 Å². The van der Waals surface area contributed by atoms with E-state index >= 15 is 0 Å². The van der Waals surface area contributed by atoms with E-state index in [1.54, 1.807) is 6.92 Å². The summed E-state index contributed by atoms with van der Waals surface area (Å²) in [7, 11) is 0. The largest absolute Gasteiger partial charge is 0.356 e. The Balaban J connectivity index is 1.73. The van der Waals surface area contributed by atoms with Crippen LogP contribution in [0.2, 0.25) is 0 Å².